The van der Waals surface area contributed by atoms with Crippen LogP contribution in [-0.4, -0.2) is 28.8 Å². The minimum Gasteiger partial charge on any atom is -0.469 e. The molecule has 3 heteroatoms. The van der Waals surface area contributed by atoms with Crippen molar-refractivity contribution < 1.29 is 4.74 Å². The number of hydrogen-bond donors (Lipinski definition) is 0. The Morgan fingerprint density at radius 1 is 1.46 bits per heavy atom. The van der Waals surface area contributed by atoms with Crippen molar-refractivity contribution in [3.63, 3.8) is 0 Å². The molecule has 1 unspecified atom stereocenters. The lowest BCUT2D eigenvalue weighted by Crippen LogP contribution is -2.45. The monoisotopic (exact) mass is 201 g/mol. The van der Waals surface area contributed by atoms with Gasteiger partial charge in [0.05, 0.1) is 6.04 Å². The van der Waals surface area contributed by atoms with Gasteiger partial charge in [-0.25, -0.2) is 0 Å². The van der Waals surface area contributed by atoms with Crippen LogP contribution < -0.4 is 0 Å². The summed E-state index contributed by atoms with van der Waals surface area (Å²) in [7, 11) is 0. The number of ether oxygens (including phenoxy) is 1. The third kappa shape index (κ3) is 2.13. The van der Waals surface area contributed by atoms with Crippen LogP contribution in [0.2, 0.25) is 0 Å². The van der Waals surface area contributed by atoms with Gasteiger partial charge in [-0.15, -0.1) is 0 Å². The Hall–Kier alpha value is -0.310. The van der Waals surface area contributed by atoms with Gasteiger partial charge in [0.2, 0.25) is 0 Å². The molecule has 0 N–H and O–H groups in total. The van der Waals surface area contributed by atoms with E-state index in [-0.39, 0.29) is 5.41 Å². The summed E-state index contributed by atoms with van der Waals surface area (Å²) in [4.78, 5) is 2.20. The van der Waals surface area contributed by atoms with E-state index in [1.165, 1.54) is 0 Å². The molecule has 2 nitrogen and oxygen atoms in total. The summed E-state index contributed by atoms with van der Waals surface area (Å²) >= 11 is 5.17. The van der Waals surface area contributed by atoms with E-state index in [2.05, 4.69) is 39.5 Å². The second-order valence-electron chi connectivity index (χ2n) is 4.96. The van der Waals surface area contributed by atoms with Gasteiger partial charge in [0.15, 0.2) is 0 Å². The van der Waals surface area contributed by atoms with E-state index in [4.69, 9.17) is 17.0 Å². The SMILES string of the molecule is CC(C)N1C(=S)OCC1C(C)(C)C. The van der Waals surface area contributed by atoms with Gasteiger partial charge >= 0.3 is 0 Å². The molecule has 13 heavy (non-hydrogen) atoms. The van der Waals surface area contributed by atoms with E-state index in [1.807, 2.05) is 0 Å². The van der Waals surface area contributed by atoms with Crippen molar-refractivity contribution in [1.82, 2.24) is 4.90 Å². The second kappa shape index (κ2) is 3.45. The Bertz CT molecular complexity index is 207. The fraction of sp³-hybridized carbons (Fsp3) is 0.900. The van der Waals surface area contributed by atoms with Crippen LogP contribution in [-0.2, 0) is 4.74 Å². The highest BCUT2D eigenvalue weighted by molar-refractivity contribution is 7.80. The van der Waals surface area contributed by atoms with Crippen LogP contribution in [0.5, 0.6) is 0 Å². The Balaban J connectivity index is 2.82. The number of thiocarbonyl (C=S) groups is 1. The largest absolute Gasteiger partial charge is 0.469 e. The number of rotatable bonds is 1. The standard InChI is InChI=1S/C10H19NOS/c1-7(2)11-8(10(3,4)5)6-12-9(11)13/h7-8H,6H2,1-5H3. The predicted molar refractivity (Wildman–Crippen MR) is 58.8 cm³/mol. The maximum absolute atomic E-state index is 5.42. The van der Waals surface area contributed by atoms with Crippen LogP contribution in [0, 0.1) is 5.41 Å². The first-order valence-corrected chi connectivity index (χ1v) is 5.20. The Kier molecular flexibility index (Phi) is 2.85. The molecule has 0 aromatic heterocycles. The van der Waals surface area contributed by atoms with Crippen LogP contribution in [0.3, 0.4) is 0 Å². The van der Waals surface area contributed by atoms with Crippen LogP contribution >= 0.6 is 12.2 Å². The molecule has 0 aromatic carbocycles. The lowest BCUT2D eigenvalue weighted by Gasteiger charge is -2.35. The van der Waals surface area contributed by atoms with Crippen LogP contribution in [0.15, 0.2) is 0 Å². The van der Waals surface area contributed by atoms with Gasteiger partial charge in [-0.05, 0) is 31.5 Å². The quantitative estimate of drug-likeness (QED) is 0.605. The number of hydrogen-bond acceptors (Lipinski definition) is 2. The molecule has 0 saturated carbocycles. The highest BCUT2D eigenvalue weighted by Gasteiger charge is 2.39. The molecular weight excluding hydrogens is 182 g/mol. The smallest absolute Gasteiger partial charge is 0.259 e. The van der Waals surface area contributed by atoms with Gasteiger partial charge in [-0.1, -0.05) is 20.8 Å². The molecule has 1 heterocycles. The first kappa shape index (κ1) is 10.8. The van der Waals surface area contributed by atoms with Gasteiger partial charge < -0.3 is 9.64 Å². The molecule has 0 amide bonds. The molecule has 0 radical (unpaired) electrons. The van der Waals surface area contributed by atoms with Crippen LogP contribution in [0.1, 0.15) is 34.6 Å². The summed E-state index contributed by atoms with van der Waals surface area (Å²) < 4.78 is 5.42. The van der Waals surface area contributed by atoms with Crippen molar-refractivity contribution in [2.24, 2.45) is 5.41 Å². The van der Waals surface area contributed by atoms with Gasteiger partial charge in [0, 0.05) is 6.04 Å². The molecule has 1 saturated heterocycles. The van der Waals surface area contributed by atoms with Crippen molar-refractivity contribution in [2.75, 3.05) is 6.61 Å². The molecule has 0 aliphatic carbocycles. The highest BCUT2D eigenvalue weighted by atomic mass is 32.1. The third-order valence-corrected chi connectivity index (χ3v) is 2.80. The highest BCUT2D eigenvalue weighted by Crippen LogP contribution is 2.30. The summed E-state index contributed by atoms with van der Waals surface area (Å²) in [5, 5.41) is 0.662. The molecule has 0 aromatic rings. The maximum atomic E-state index is 5.42. The summed E-state index contributed by atoms with van der Waals surface area (Å²) in [6.45, 7) is 11.7. The Morgan fingerprint density at radius 2 is 2.00 bits per heavy atom. The van der Waals surface area contributed by atoms with Crippen molar-refractivity contribution in [3.8, 4) is 0 Å². The zero-order valence-corrected chi connectivity index (χ0v) is 9.94. The number of nitrogens with zero attached hydrogens (tertiary/aromatic N) is 1. The first-order valence-electron chi connectivity index (χ1n) is 4.79. The fourth-order valence-corrected chi connectivity index (χ4v) is 2.08. The summed E-state index contributed by atoms with van der Waals surface area (Å²) in [6, 6.07) is 0.847. The van der Waals surface area contributed by atoms with Crippen molar-refractivity contribution in [1.29, 1.82) is 0 Å². The van der Waals surface area contributed by atoms with Gasteiger partial charge in [-0.2, -0.15) is 0 Å². The van der Waals surface area contributed by atoms with Crippen molar-refractivity contribution >= 4 is 17.4 Å². The van der Waals surface area contributed by atoms with Gasteiger partial charge in [0.1, 0.15) is 6.61 Å². The zero-order valence-electron chi connectivity index (χ0n) is 9.13. The van der Waals surface area contributed by atoms with E-state index < -0.39 is 0 Å². The minimum atomic E-state index is 0.227. The van der Waals surface area contributed by atoms with Crippen molar-refractivity contribution in [2.45, 2.75) is 46.7 Å². The maximum Gasteiger partial charge on any atom is 0.259 e. The summed E-state index contributed by atoms with van der Waals surface area (Å²) in [6.07, 6.45) is 0. The normalized spacial score (nSPS) is 24.0. The lowest BCUT2D eigenvalue weighted by atomic mass is 9.86. The average Bonchev–Trinajstić information content (AvgIpc) is 2.28. The molecule has 1 fully saturated rings. The Morgan fingerprint density at radius 3 is 2.31 bits per heavy atom. The van der Waals surface area contributed by atoms with E-state index in [0.29, 0.717) is 17.3 Å². The molecule has 76 valence electrons. The van der Waals surface area contributed by atoms with Gasteiger partial charge in [-0.3, -0.25) is 0 Å². The Labute approximate surface area is 86.3 Å². The molecule has 1 atom stereocenters. The van der Waals surface area contributed by atoms with E-state index >= 15 is 0 Å². The second-order valence-corrected chi connectivity index (χ2v) is 5.31. The lowest BCUT2D eigenvalue weighted by molar-refractivity contribution is 0.155. The van der Waals surface area contributed by atoms with Crippen LogP contribution in [0.25, 0.3) is 0 Å². The van der Waals surface area contributed by atoms with E-state index in [0.717, 1.165) is 6.61 Å². The first-order chi connectivity index (χ1) is 5.84. The molecule has 1 rings (SSSR count). The van der Waals surface area contributed by atoms with Crippen molar-refractivity contribution in [3.05, 3.63) is 0 Å². The van der Waals surface area contributed by atoms with Gasteiger partial charge in [0.25, 0.3) is 5.17 Å². The van der Waals surface area contributed by atoms with E-state index in [1.54, 1.807) is 0 Å². The van der Waals surface area contributed by atoms with E-state index in [9.17, 15) is 0 Å². The molecule has 0 bridgehead atoms. The topological polar surface area (TPSA) is 12.5 Å². The molecule has 0 spiro atoms. The summed E-state index contributed by atoms with van der Waals surface area (Å²) in [5.41, 5.74) is 0.227. The predicted octanol–water partition coefficient (Wildman–Crippen LogP) is 2.43. The minimum absolute atomic E-state index is 0.227. The fourth-order valence-electron chi connectivity index (χ4n) is 1.67. The third-order valence-electron chi connectivity index (χ3n) is 2.47. The molecule has 1 aliphatic heterocycles. The average molecular weight is 201 g/mol. The molecular formula is C10H19NOS. The zero-order chi connectivity index (χ0) is 10.2. The summed E-state index contributed by atoms with van der Waals surface area (Å²) in [5.74, 6) is 0. The molecule has 1 aliphatic rings. The van der Waals surface area contributed by atoms with Crippen LogP contribution in [0.4, 0.5) is 0 Å².